The second-order valence-electron chi connectivity index (χ2n) is 6.57. The predicted molar refractivity (Wildman–Crippen MR) is 110 cm³/mol. The zero-order valence-electron chi connectivity index (χ0n) is 14.6. The first kappa shape index (κ1) is 18.3. The summed E-state index contributed by atoms with van der Waals surface area (Å²) >= 11 is 0. The van der Waals surface area contributed by atoms with Crippen LogP contribution in [-0.2, 0) is 0 Å². The highest BCUT2D eigenvalue weighted by Gasteiger charge is 2.27. The molecule has 0 saturated heterocycles. The van der Waals surface area contributed by atoms with Crippen molar-refractivity contribution in [3.63, 3.8) is 0 Å². The third-order valence-corrected chi connectivity index (χ3v) is 4.91. The summed E-state index contributed by atoms with van der Waals surface area (Å²) in [6.45, 7) is 0. The highest BCUT2D eigenvalue weighted by molar-refractivity contribution is 6.61. The van der Waals surface area contributed by atoms with Crippen molar-refractivity contribution >= 4 is 46.7 Å². The van der Waals surface area contributed by atoms with Gasteiger partial charge in [-0.15, -0.1) is 0 Å². The summed E-state index contributed by atoms with van der Waals surface area (Å²) < 4.78 is 0. The Morgan fingerprint density at radius 1 is 0.536 bits per heavy atom. The largest absolute Gasteiger partial charge is 0.508 e. The summed E-state index contributed by atoms with van der Waals surface area (Å²) in [6.07, 6.45) is 0. The van der Waals surface area contributed by atoms with Crippen LogP contribution in [0.4, 0.5) is 0 Å². The fraction of sp³-hybridized carbons (Fsp3) is 0. The lowest BCUT2D eigenvalue weighted by Crippen LogP contribution is -2.31. The Balaban J connectivity index is 2.24. The van der Waals surface area contributed by atoms with Crippen LogP contribution in [0.5, 0.6) is 11.5 Å². The number of hydrogen-bond acceptors (Lipinski definition) is 6. The fourth-order valence-corrected chi connectivity index (χ4v) is 3.62. The quantitative estimate of drug-likeness (QED) is 0.290. The van der Waals surface area contributed by atoms with Gasteiger partial charge in [0, 0.05) is 22.1 Å². The van der Waals surface area contributed by atoms with Crippen molar-refractivity contribution in [3.05, 3.63) is 60.7 Å². The Morgan fingerprint density at radius 2 is 0.893 bits per heavy atom. The van der Waals surface area contributed by atoms with Gasteiger partial charge in [0.1, 0.15) is 11.5 Å². The monoisotopic (exact) mass is 374 g/mol. The van der Waals surface area contributed by atoms with Crippen molar-refractivity contribution in [2.45, 2.75) is 0 Å². The average molecular weight is 374 g/mol. The van der Waals surface area contributed by atoms with Crippen LogP contribution in [0.3, 0.4) is 0 Å². The Hall–Kier alpha value is -3.03. The number of fused-ring (bicyclic) bond motifs is 2. The Labute approximate surface area is 160 Å². The van der Waals surface area contributed by atoms with Crippen LogP contribution >= 0.6 is 0 Å². The van der Waals surface area contributed by atoms with Crippen LogP contribution in [0.15, 0.2) is 60.7 Å². The molecule has 0 aliphatic rings. The molecule has 0 fully saturated rings. The Morgan fingerprint density at radius 3 is 1.25 bits per heavy atom. The van der Waals surface area contributed by atoms with E-state index in [0.29, 0.717) is 21.5 Å². The third kappa shape index (κ3) is 2.80. The molecule has 0 unspecified atom stereocenters. The van der Waals surface area contributed by atoms with Crippen LogP contribution < -0.4 is 10.9 Å². The van der Waals surface area contributed by atoms with Gasteiger partial charge in [0.25, 0.3) is 0 Å². The second-order valence-corrected chi connectivity index (χ2v) is 6.57. The minimum Gasteiger partial charge on any atom is -0.508 e. The first-order valence-corrected chi connectivity index (χ1v) is 8.62. The summed E-state index contributed by atoms with van der Waals surface area (Å²) in [5.74, 6) is -0.808. The van der Waals surface area contributed by atoms with Gasteiger partial charge in [-0.25, -0.2) is 0 Å². The van der Waals surface area contributed by atoms with E-state index in [9.17, 15) is 30.3 Å². The number of phenols is 2. The van der Waals surface area contributed by atoms with Crippen molar-refractivity contribution in [2.24, 2.45) is 0 Å². The average Bonchev–Trinajstić information content (AvgIpc) is 2.67. The summed E-state index contributed by atoms with van der Waals surface area (Å²) in [5.41, 5.74) is 0.120. The van der Waals surface area contributed by atoms with Gasteiger partial charge in [0.15, 0.2) is 0 Å². The molecule has 0 aliphatic heterocycles. The SMILES string of the molecule is OB(O)c1cc2ccccc2c(-c2c(O)c(B(O)O)cc3ccccc23)c1O. The van der Waals surface area contributed by atoms with Gasteiger partial charge < -0.3 is 30.3 Å². The first-order chi connectivity index (χ1) is 13.4. The van der Waals surface area contributed by atoms with E-state index >= 15 is 0 Å². The normalized spacial score (nSPS) is 11.1. The standard InChI is InChI=1S/C20H16B2O6/c23-19-15(21(25)26)9-11-5-1-3-7-13(11)17(19)18-14-8-4-2-6-12(14)10-16(20(18)24)22(27)28/h1-10,23-28H. The molecule has 8 heteroatoms. The van der Waals surface area contributed by atoms with E-state index < -0.39 is 25.7 Å². The van der Waals surface area contributed by atoms with Crippen molar-refractivity contribution in [1.29, 1.82) is 0 Å². The molecule has 0 spiro atoms. The summed E-state index contributed by atoms with van der Waals surface area (Å²) in [7, 11) is -3.85. The zero-order valence-corrected chi connectivity index (χ0v) is 14.6. The third-order valence-electron chi connectivity index (χ3n) is 4.91. The maximum absolute atomic E-state index is 10.9. The molecule has 0 amide bonds. The molecule has 4 aromatic carbocycles. The van der Waals surface area contributed by atoms with Gasteiger partial charge in [-0.3, -0.25) is 0 Å². The summed E-state index contributed by atoms with van der Waals surface area (Å²) in [5, 5.41) is 63.0. The lowest BCUT2D eigenvalue weighted by Gasteiger charge is -2.18. The van der Waals surface area contributed by atoms with Gasteiger partial charge in [-0.2, -0.15) is 0 Å². The molecule has 0 radical (unpaired) electrons. The molecule has 6 N–H and O–H groups in total. The van der Waals surface area contributed by atoms with E-state index in [4.69, 9.17) is 0 Å². The van der Waals surface area contributed by atoms with Crippen molar-refractivity contribution in [1.82, 2.24) is 0 Å². The van der Waals surface area contributed by atoms with Crippen LogP contribution in [-0.4, -0.2) is 44.5 Å². The topological polar surface area (TPSA) is 121 Å². The fourth-order valence-electron chi connectivity index (χ4n) is 3.62. The predicted octanol–water partition coefficient (Wildman–Crippen LogP) is 0.431. The highest BCUT2D eigenvalue weighted by Crippen LogP contribution is 2.43. The lowest BCUT2D eigenvalue weighted by molar-refractivity contribution is 0.417. The molecule has 138 valence electrons. The molecule has 0 saturated carbocycles. The van der Waals surface area contributed by atoms with Crippen LogP contribution in [0.2, 0.25) is 0 Å². The molecule has 0 aromatic heterocycles. The van der Waals surface area contributed by atoms with Gasteiger partial charge >= 0.3 is 14.2 Å². The highest BCUT2D eigenvalue weighted by atomic mass is 16.4. The number of rotatable bonds is 3. The Kier molecular flexibility index (Phi) is 4.49. The lowest BCUT2D eigenvalue weighted by atomic mass is 9.73. The minimum absolute atomic E-state index is 0.118. The molecule has 6 nitrogen and oxygen atoms in total. The Bertz CT molecular complexity index is 1110. The van der Waals surface area contributed by atoms with Crippen molar-refractivity contribution in [3.8, 4) is 22.6 Å². The van der Waals surface area contributed by atoms with Crippen LogP contribution in [0.1, 0.15) is 0 Å². The van der Waals surface area contributed by atoms with Gasteiger partial charge in [-0.1, -0.05) is 60.7 Å². The molecular weight excluding hydrogens is 358 g/mol. The number of benzene rings is 4. The van der Waals surface area contributed by atoms with Crippen LogP contribution in [0, 0.1) is 0 Å². The maximum atomic E-state index is 10.9. The first-order valence-electron chi connectivity index (χ1n) is 8.62. The van der Waals surface area contributed by atoms with E-state index in [1.165, 1.54) is 12.1 Å². The minimum atomic E-state index is -1.93. The molecule has 4 aromatic rings. The van der Waals surface area contributed by atoms with E-state index in [1.807, 2.05) is 0 Å². The summed E-state index contributed by atoms with van der Waals surface area (Å²) in [6, 6.07) is 16.9. The maximum Gasteiger partial charge on any atom is 0.492 e. The van der Waals surface area contributed by atoms with E-state index in [-0.39, 0.29) is 22.1 Å². The molecule has 0 atom stereocenters. The molecule has 28 heavy (non-hydrogen) atoms. The molecule has 0 heterocycles. The van der Waals surface area contributed by atoms with Gasteiger partial charge in [0.2, 0.25) is 0 Å². The van der Waals surface area contributed by atoms with Crippen LogP contribution in [0.25, 0.3) is 32.7 Å². The zero-order chi connectivity index (χ0) is 20.0. The number of aromatic hydroxyl groups is 2. The number of phenolic OH excluding ortho intramolecular Hbond substituents is 2. The smallest absolute Gasteiger partial charge is 0.492 e. The van der Waals surface area contributed by atoms with E-state index in [2.05, 4.69) is 0 Å². The van der Waals surface area contributed by atoms with E-state index in [1.54, 1.807) is 48.5 Å². The molecule has 0 bridgehead atoms. The van der Waals surface area contributed by atoms with Gasteiger partial charge in [-0.05, 0) is 21.5 Å². The van der Waals surface area contributed by atoms with Gasteiger partial charge in [0.05, 0.1) is 0 Å². The summed E-state index contributed by atoms with van der Waals surface area (Å²) in [4.78, 5) is 0. The van der Waals surface area contributed by atoms with Crippen molar-refractivity contribution in [2.75, 3.05) is 0 Å². The second kappa shape index (κ2) is 6.85. The molecule has 4 rings (SSSR count). The van der Waals surface area contributed by atoms with Crippen molar-refractivity contribution < 1.29 is 30.3 Å². The molecular formula is C20H16B2O6. The number of hydrogen-bond donors (Lipinski definition) is 6. The molecule has 0 aliphatic carbocycles. The van der Waals surface area contributed by atoms with E-state index in [0.717, 1.165) is 0 Å².